The number of nitrogens with zero attached hydrogens (tertiary/aromatic N) is 1. The van der Waals surface area contributed by atoms with Crippen LogP contribution in [0.2, 0.25) is 0 Å². The molecule has 1 aliphatic rings. The predicted octanol–water partition coefficient (Wildman–Crippen LogP) is 3.26. The van der Waals surface area contributed by atoms with Gasteiger partial charge < -0.3 is 14.7 Å². The predicted molar refractivity (Wildman–Crippen MR) is 93.6 cm³/mol. The molecule has 1 amide bonds. The fraction of sp³-hybridized carbons (Fsp3) is 0.300. The van der Waals surface area contributed by atoms with Crippen molar-refractivity contribution in [3.8, 4) is 5.75 Å². The normalized spacial score (nSPS) is 13.3. The van der Waals surface area contributed by atoms with Gasteiger partial charge in [-0.05, 0) is 43.5 Å². The highest BCUT2D eigenvalue weighted by molar-refractivity contribution is 5.96. The maximum Gasteiger partial charge on any atom is 0.323 e. The molecule has 130 valence electrons. The van der Waals surface area contributed by atoms with Gasteiger partial charge in [0.05, 0.1) is 0 Å². The van der Waals surface area contributed by atoms with Crippen molar-refractivity contribution in [2.75, 3.05) is 6.54 Å². The number of hydrogen-bond acceptors (Lipinski definition) is 3. The molecule has 5 nitrogen and oxygen atoms in total. The third kappa shape index (κ3) is 4.59. The van der Waals surface area contributed by atoms with E-state index in [9.17, 15) is 9.59 Å². The Kier molecular flexibility index (Phi) is 5.03. The van der Waals surface area contributed by atoms with E-state index in [1.54, 1.807) is 24.3 Å². The van der Waals surface area contributed by atoms with Crippen LogP contribution >= 0.6 is 0 Å². The largest absolute Gasteiger partial charge is 0.489 e. The lowest BCUT2D eigenvalue weighted by molar-refractivity contribution is -0.137. The standard InChI is InChI=1S/C20H21NO4/c1-14-4-2-5-15(10-14)13-25-18-7-3-6-16(11-18)20(24)21(12-19(22)23)17-8-9-17/h2-7,10-11,17H,8-9,12-13H2,1H3,(H,22,23). The third-order valence-electron chi connectivity index (χ3n) is 4.12. The third-order valence-corrected chi connectivity index (χ3v) is 4.12. The maximum atomic E-state index is 12.6. The molecule has 0 aromatic heterocycles. The van der Waals surface area contributed by atoms with Gasteiger partial charge in [-0.3, -0.25) is 9.59 Å². The minimum absolute atomic E-state index is 0.0421. The van der Waals surface area contributed by atoms with Crippen molar-refractivity contribution in [2.24, 2.45) is 0 Å². The monoisotopic (exact) mass is 339 g/mol. The molecule has 0 unspecified atom stereocenters. The molecule has 1 saturated carbocycles. The van der Waals surface area contributed by atoms with Gasteiger partial charge in [0.15, 0.2) is 0 Å². The van der Waals surface area contributed by atoms with Gasteiger partial charge in [-0.1, -0.05) is 35.9 Å². The summed E-state index contributed by atoms with van der Waals surface area (Å²) in [6.07, 6.45) is 1.73. The van der Waals surface area contributed by atoms with Crippen LogP contribution in [0.5, 0.6) is 5.75 Å². The molecule has 0 spiro atoms. The van der Waals surface area contributed by atoms with Gasteiger partial charge in [0.1, 0.15) is 18.9 Å². The molecule has 5 heteroatoms. The summed E-state index contributed by atoms with van der Waals surface area (Å²) < 4.78 is 5.79. The molecule has 25 heavy (non-hydrogen) atoms. The van der Waals surface area contributed by atoms with Crippen molar-refractivity contribution in [1.82, 2.24) is 4.90 Å². The van der Waals surface area contributed by atoms with Gasteiger partial charge in [-0.15, -0.1) is 0 Å². The molecule has 2 aromatic carbocycles. The number of carbonyl (C=O) groups excluding carboxylic acids is 1. The molecule has 1 fully saturated rings. The first-order chi connectivity index (χ1) is 12.0. The number of carbonyl (C=O) groups is 2. The molecular formula is C20H21NO4. The summed E-state index contributed by atoms with van der Waals surface area (Å²) in [4.78, 5) is 25.1. The number of carboxylic acid groups (broad SMARTS) is 1. The lowest BCUT2D eigenvalue weighted by Crippen LogP contribution is -2.37. The van der Waals surface area contributed by atoms with Crippen LogP contribution in [-0.2, 0) is 11.4 Å². The summed E-state index contributed by atoms with van der Waals surface area (Å²) in [6, 6.07) is 15.0. The van der Waals surface area contributed by atoms with Gasteiger partial charge in [0.25, 0.3) is 5.91 Å². The van der Waals surface area contributed by atoms with E-state index in [4.69, 9.17) is 9.84 Å². The average Bonchev–Trinajstić information content (AvgIpc) is 3.42. The van der Waals surface area contributed by atoms with Crippen molar-refractivity contribution in [1.29, 1.82) is 0 Å². The molecule has 0 aliphatic heterocycles. The van der Waals surface area contributed by atoms with Crippen LogP contribution in [0.4, 0.5) is 0 Å². The number of aliphatic carboxylic acids is 1. The zero-order valence-corrected chi connectivity index (χ0v) is 14.1. The summed E-state index contributed by atoms with van der Waals surface area (Å²) in [6.45, 7) is 2.18. The second kappa shape index (κ2) is 7.38. The molecule has 0 radical (unpaired) electrons. The van der Waals surface area contributed by atoms with E-state index in [2.05, 4.69) is 6.07 Å². The second-order valence-electron chi connectivity index (χ2n) is 6.36. The SMILES string of the molecule is Cc1cccc(COc2cccc(C(=O)N(CC(=O)O)C3CC3)c2)c1. The Bertz CT molecular complexity index is 783. The van der Waals surface area contributed by atoms with E-state index in [1.807, 2.05) is 25.1 Å². The molecule has 0 atom stereocenters. The van der Waals surface area contributed by atoms with Crippen molar-refractivity contribution in [3.63, 3.8) is 0 Å². The van der Waals surface area contributed by atoms with E-state index in [1.165, 1.54) is 10.5 Å². The summed E-state index contributed by atoms with van der Waals surface area (Å²) in [5.74, 6) is -0.656. The molecule has 0 bridgehead atoms. The minimum atomic E-state index is -0.993. The first kappa shape index (κ1) is 17.0. The van der Waals surface area contributed by atoms with Crippen LogP contribution in [0.25, 0.3) is 0 Å². The Hall–Kier alpha value is -2.82. The van der Waals surface area contributed by atoms with Crippen LogP contribution in [-0.4, -0.2) is 34.5 Å². The van der Waals surface area contributed by atoms with Gasteiger partial charge in [-0.25, -0.2) is 0 Å². The number of carboxylic acids is 1. The topological polar surface area (TPSA) is 66.8 Å². The number of ether oxygens (including phenoxy) is 1. The van der Waals surface area contributed by atoms with Gasteiger partial charge in [-0.2, -0.15) is 0 Å². The number of benzene rings is 2. The summed E-state index contributed by atoms with van der Waals surface area (Å²) in [5.41, 5.74) is 2.68. The van der Waals surface area contributed by atoms with Crippen LogP contribution in [0.15, 0.2) is 48.5 Å². The minimum Gasteiger partial charge on any atom is -0.489 e. The van der Waals surface area contributed by atoms with Crippen molar-refractivity contribution < 1.29 is 19.4 Å². The van der Waals surface area contributed by atoms with E-state index in [-0.39, 0.29) is 18.5 Å². The fourth-order valence-corrected chi connectivity index (χ4v) is 2.75. The Morgan fingerprint density at radius 2 is 1.92 bits per heavy atom. The quantitative estimate of drug-likeness (QED) is 0.841. The van der Waals surface area contributed by atoms with Crippen molar-refractivity contribution in [3.05, 3.63) is 65.2 Å². The van der Waals surface area contributed by atoms with Crippen molar-refractivity contribution >= 4 is 11.9 Å². The Morgan fingerprint density at radius 3 is 2.60 bits per heavy atom. The number of aryl methyl sites for hydroxylation is 1. The maximum absolute atomic E-state index is 12.6. The highest BCUT2D eigenvalue weighted by Crippen LogP contribution is 2.28. The molecule has 1 aliphatic carbocycles. The fourth-order valence-electron chi connectivity index (χ4n) is 2.75. The molecule has 0 heterocycles. The number of amides is 1. The number of hydrogen-bond donors (Lipinski definition) is 1. The van der Waals surface area contributed by atoms with Gasteiger partial charge in [0.2, 0.25) is 0 Å². The highest BCUT2D eigenvalue weighted by atomic mass is 16.5. The van der Waals surface area contributed by atoms with Crippen molar-refractivity contribution in [2.45, 2.75) is 32.4 Å². The van der Waals surface area contributed by atoms with E-state index >= 15 is 0 Å². The zero-order chi connectivity index (χ0) is 17.8. The lowest BCUT2D eigenvalue weighted by Gasteiger charge is -2.20. The Labute approximate surface area is 146 Å². The highest BCUT2D eigenvalue weighted by Gasteiger charge is 2.34. The van der Waals surface area contributed by atoms with Gasteiger partial charge >= 0.3 is 5.97 Å². The smallest absolute Gasteiger partial charge is 0.323 e. The van der Waals surface area contributed by atoms with Crippen LogP contribution in [0.1, 0.15) is 34.3 Å². The van der Waals surface area contributed by atoms with Crippen LogP contribution in [0.3, 0.4) is 0 Å². The Morgan fingerprint density at radius 1 is 1.16 bits per heavy atom. The van der Waals surface area contributed by atoms with E-state index in [0.29, 0.717) is 17.9 Å². The van der Waals surface area contributed by atoms with Gasteiger partial charge in [0, 0.05) is 11.6 Å². The lowest BCUT2D eigenvalue weighted by atomic mass is 10.1. The summed E-state index contributed by atoms with van der Waals surface area (Å²) in [5, 5.41) is 9.03. The van der Waals surface area contributed by atoms with E-state index < -0.39 is 5.97 Å². The van der Waals surface area contributed by atoms with Crippen LogP contribution in [0, 0.1) is 6.92 Å². The summed E-state index contributed by atoms with van der Waals surface area (Å²) in [7, 11) is 0. The summed E-state index contributed by atoms with van der Waals surface area (Å²) >= 11 is 0. The second-order valence-corrected chi connectivity index (χ2v) is 6.36. The molecule has 0 saturated heterocycles. The zero-order valence-electron chi connectivity index (χ0n) is 14.1. The average molecular weight is 339 g/mol. The molecule has 3 rings (SSSR count). The molecular weight excluding hydrogens is 318 g/mol. The first-order valence-electron chi connectivity index (χ1n) is 8.34. The molecule has 1 N–H and O–H groups in total. The van der Waals surface area contributed by atoms with E-state index in [0.717, 1.165) is 18.4 Å². The van der Waals surface area contributed by atoms with Crippen LogP contribution < -0.4 is 4.74 Å². The number of rotatable bonds is 7. The Balaban J connectivity index is 1.69. The first-order valence-corrected chi connectivity index (χ1v) is 8.34. The molecule has 2 aromatic rings.